The molecule has 7 rings (SSSR count). The number of nitrogens with zero attached hydrogens (tertiary/aromatic N) is 2. The van der Waals surface area contributed by atoms with Gasteiger partial charge in [-0.3, -0.25) is 4.40 Å². The van der Waals surface area contributed by atoms with Crippen LogP contribution < -0.4 is 0 Å². The van der Waals surface area contributed by atoms with E-state index in [1.807, 2.05) is 18.2 Å². The zero-order valence-electron chi connectivity index (χ0n) is 15.4. The van der Waals surface area contributed by atoms with Gasteiger partial charge in [0.2, 0.25) is 5.78 Å². The van der Waals surface area contributed by atoms with Gasteiger partial charge in [-0.2, -0.15) is 0 Å². The Kier molecular flexibility index (Phi) is 2.71. The molecular formula is C25H15N3O. The van der Waals surface area contributed by atoms with Crippen LogP contribution in [-0.2, 0) is 0 Å². The van der Waals surface area contributed by atoms with E-state index in [9.17, 15) is 0 Å². The zero-order valence-corrected chi connectivity index (χ0v) is 15.4. The SMILES string of the molecule is c1ccc2c(c1)[nH]c1nc3ccc(-c4ccc5oc6ccccc6c5c4)cc3n12. The van der Waals surface area contributed by atoms with Gasteiger partial charge in [-0.05, 0) is 53.6 Å². The number of hydrogen-bond donors (Lipinski definition) is 1. The number of nitrogens with one attached hydrogen (secondary N) is 1. The quantitative estimate of drug-likeness (QED) is 0.355. The molecule has 1 N–H and O–H groups in total. The molecule has 0 aliphatic heterocycles. The molecule has 4 heteroatoms. The van der Waals surface area contributed by atoms with Gasteiger partial charge in [0.1, 0.15) is 11.2 Å². The highest BCUT2D eigenvalue weighted by atomic mass is 16.3. The fourth-order valence-electron chi connectivity index (χ4n) is 4.38. The van der Waals surface area contributed by atoms with Gasteiger partial charge in [-0.1, -0.05) is 42.5 Å². The molecule has 7 aromatic rings. The lowest BCUT2D eigenvalue weighted by molar-refractivity contribution is 0.669. The van der Waals surface area contributed by atoms with E-state index in [0.29, 0.717) is 0 Å². The summed E-state index contributed by atoms with van der Waals surface area (Å²) in [6, 6.07) is 29.3. The van der Waals surface area contributed by atoms with E-state index in [-0.39, 0.29) is 0 Å². The molecule has 0 aliphatic rings. The van der Waals surface area contributed by atoms with Crippen molar-refractivity contribution in [1.82, 2.24) is 14.4 Å². The largest absolute Gasteiger partial charge is 0.456 e. The van der Waals surface area contributed by atoms with Gasteiger partial charge in [0, 0.05) is 10.8 Å². The van der Waals surface area contributed by atoms with Crippen molar-refractivity contribution in [2.75, 3.05) is 0 Å². The first-order chi connectivity index (χ1) is 14.3. The minimum Gasteiger partial charge on any atom is -0.456 e. The molecule has 3 heterocycles. The summed E-state index contributed by atoms with van der Waals surface area (Å²) in [5.41, 5.74) is 8.49. The predicted molar refractivity (Wildman–Crippen MR) is 117 cm³/mol. The number of furan rings is 1. The Hall–Kier alpha value is -4.05. The first kappa shape index (κ1) is 14.9. The van der Waals surface area contributed by atoms with E-state index in [1.54, 1.807) is 0 Å². The van der Waals surface area contributed by atoms with Crippen LogP contribution in [0.3, 0.4) is 0 Å². The minimum atomic E-state index is 0.870. The van der Waals surface area contributed by atoms with Gasteiger partial charge in [0.15, 0.2) is 0 Å². The minimum absolute atomic E-state index is 0.870. The van der Waals surface area contributed by atoms with Crippen molar-refractivity contribution in [3.05, 3.63) is 84.9 Å². The van der Waals surface area contributed by atoms with Crippen LogP contribution in [0.2, 0.25) is 0 Å². The van der Waals surface area contributed by atoms with Crippen LogP contribution in [0.4, 0.5) is 0 Å². The van der Waals surface area contributed by atoms with Crippen molar-refractivity contribution < 1.29 is 4.42 Å². The van der Waals surface area contributed by atoms with Crippen LogP contribution in [0.1, 0.15) is 0 Å². The number of hydrogen-bond acceptors (Lipinski definition) is 2. The molecule has 0 bridgehead atoms. The summed E-state index contributed by atoms with van der Waals surface area (Å²) < 4.78 is 8.17. The lowest BCUT2D eigenvalue weighted by atomic mass is 10.0. The van der Waals surface area contributed by atoms with Gasteiger partial charge in [0.05, 0.1) is 22.1 Å². The molecular weight excluding hydrogens is 358 g/mol. The lowest BCUT2D eigenvalue weighted by Crippen LogP contribution is -1.83. The Balaban J connectivity index is 1.50. The van der Waals surface area contributed by atoms with E-state index in [0.717, 1.165) is 55.3 Å². The molecule has 4 nitrogen and oxygen atoms in total. The maximum Gasteiger partial charge on any atom is 0.213 e. The average Bonchev–Trinajstić information content (AvgIpc) is 3.42. The Bertz CT molecular complexity index is 1710. The highest BCUT2D eigenvalue weighted by Crippen LogP contribution is 2.33. The summed E-state index contributed by atoms with van der Waals surface area (Å²) in [6.07, 6.45) is 0. The molecule has 0 spiro atoms. The number of para-hydroxylation sites is 3. The number of aromatic amines is 1. The van der Waals surface area contributed by atoms with Crippen LogP contribution in [0.5, 0.6) is 0 Å². The smallest absolute Gasteiger partial charge is 0.213 e. The normalized spacial score (nSPS) is 12.1. The molecule has 3 aromatic heterocycles. The van der Waals surface area contributed by atoms with Gasteiger partial charge in [-0.25, -0.2) is 4.98 Å². The van der Waals surface area contributed by atoms with Gasteiger partial charge >= 0.3 is 0 Å². The summed E-state index contributed by atoms with van der Waals surface area (Å²) in [7, 11) is 0. The highest BCUT2D eigenvalue weighted by molar-refractivity contribution is 6.06. The van der Waals surface area contributed by atoms with E-state index in [1.165, 1.54) is 5.56 Å². The fraction of sp³-hybridized carbons (Fsp3) is 0. The van der Waals surface area contributed by atoms with Crippen molar-refractivity contribution in [3.8, 4) is 11.1 Å². The van der Waals surface area contributed by atoms with Gasteiger partial charge < -0.3 is 9.40 Å². The topological polar surface area (TPSA) is 46.2 Å². The molecule has 136 valence electrons. The summed E-state index contributed by atoms with van der Waals surface area (Å²) in [4.78, 5) is 8.17. The summed E-state index contributed by atoms with van der Waals surface area (Å²) >= 11 is 0. The third kappa shape index (κ3) is 2.00. The first-order valence-corrected chi connectivity index (χ1v) is 9.66. The monoisotopic (exact) mass is 373 g/mol. The zero-order chi connectivity index (χ0) is 18.9. The van der Waals surface area contributed by atoms with Gasteiger partial charge in [-0.15, -0.1) is 0 Å². The highest BCUT2D eigenvalue weighted by Gasteiger charge is 2.12. The predicted octanol–water partition coefficient (Wildman–Crippen LogP) is 6.54. The molecule has 29 heavy (non-hydrogen) atoms. The maximum absolute atomic E-state index is 5.98. The second-order valence-corrected chi connectivity index (χ2v) is 7.43. The average molecular weight is 373 g/mol. The molecule has 0 saturated heterocycles. The number of rotatable bonds is 1. The number of aromatic nitrogens is 3. The van der Waals surface area contributed by atoms with E-state index in [4.69, 9.17) is 9.40 Å². The molecule has 0 aliphatic carbocycles. The molecule has 4 aromatic carbocycles. The Morgan fingerprint density at radius 1 is 0.690 bits per heavy atom. The third-order valence-corrected chi connectivity index (χ3v) is 5.76. The molecule has 0 fully saturated rings. The second kappa shape index (κ2) is 5.26. The van der Waals surface area contributed by atoms with Crippen molar-refractivity contribution in [2.45, 2.75) is 0 Å². The summed E-state index contributed by atoms with van der Waals surface area (Å²) in [6.45, 7) is 0. The second-order valence-electron chi connectivity index (χ2n) is 7.43. The standard InChI is InChI=1S/C25H15N3O/c1-4-8-23-17(5-1)18-13-15(10-12-24(18)29-23)16-9-11-20-22(14-16)28-21-7-3-2-6-19(21)26-25(28)27-20/h1-14H,(H,26,27). The van der Waals surface area contributed by atoms with Crippen LogP contribution >= 0.6 is 0 Å². The van der Waals surface area contributed by atoms with Crippen molar-refractivity contribution in [3.63, 3.8) is 0 Å². The van der Waals surface area contributed by atoms with E-state index >= 15 is 0 Å². The lowest BCUT2D eigenvalue weighted by Gasteiger charge is -2.03. The first-order valence-electron chi connectivity index (χ1n) is 9.66. The maximum atomic E-state index is 5.98. The van der Waals surface area contributed by atoms with Gasteiger partial charge in [0.25, 0.3) is 0 Å². The Morgan fingerprint density at radius 3 is 2.48 bits per heavy atom. The summed E-state index contributed by atoms with van der Waals surface area (Å²) in [5, 5.41) is 2.29. The Morgan fingerprint density at radius 2 is 1.48 bits per heavy atom. The van der Waals surface area contributed by atoms with Crippen LogP contribution in [0.25, 0.3) is 60.9 Å². The number of H-pyrrole nitrogens is 1. The third-order valence-electron chi connectivity index (χ3n) is 5.76. The fourth-order valence-corrected chi connectivity index (χ4v) is 4.38. The number of fused-ring (bicyclic) bond motifs is 8. The number of imidazole rings is 2. The molecule has 0 amide bonds. The van der Waals surface area contributed by atoms with Crippen LogP contribution in [-0.4, -0.2) is 14.4 Å². The Labute approximate surface area is 165 Å². The molecule has 0 radical (unpaired) electrons. The molecule has 0 atom stereocenters. The summed E-state index contributed by atoms with van der Waals surface area (Å²) in [5.74, 6) is 0.870. The van der Waals surface area contributed by atoms with Crippen molar-refractivity contribution in [2.24, 2.45) is 0 Å². The van der Waals surface area contributed by atoms with Crippen LogP contribution in [0, 0.1) is 0 Å². The molecule has 0 saturated carbocycles. The van der Waals surface area contributed by atoms with Crippen molar-refractivity contribution in [1.29, 1.82) is 0 Å². The van der Waals surface area contributed by atoms with Crippen LogP contribution in [0.15, 0.2) is 89.3 Å². The van der Waals surface area contributed by atoms with Crippen molar-refractivity contribution >= 4 is 49.8 Å². The van der Waals surface area contributed by atoms with E-state index < -0.39 is 0 Å². The molecule has 0 unspecified atom stereocenters. The van der Waals surface area contributed by atoms with E-state index in [2.05, 4.69) is 76.1 Å². The number of benzene rings is 4.